The van der Waals surface area contributed by atoms with Crippen molar-refractivity contribution in [3.8, 4) is 0 Å². The number of carbonyl (C=O) groups is 1. The van der Waals surface area contributed by atoms with Crippen LogP contribution in [0.3, 0.4) is 0 Å². The van der Waals surface area contributed by atoms with Gasteiger partial charge in [0.2, 0.25) is 10.0 Å². The zero-order valence-electron chi connectivity index (χ0n) is 18.7. The molecule has 0 spiro atoms. The number of hydrogen-bond donors (Lipinski definition) is 1. The molecule has 0 saturated carbocycles. The van der Waals surface area contributed by atoms with E-state index in [1.807, 2.05) is 0 Å². The van der Waals surface area contributed by atoms with E-state index in [0.29, 0.717) is 19.5 Å². The summed E-state index contributed by atoms with van der Waals surface area (Å²) in [5.41, 5.74) is -0.350. The minimum absolute atomic E-state index is 0.0381. The van der Waals surface area contributed by atoms with Crippen molar-refractivity contribution in [1.82, 2.24) is 9.62 Å². The van der Waals surface area contributed by atoms with E-state index < -0.39 is 37.2 Å². The zero-order chi connectivity index (χ0) is 24.9. The largest absolute Gasteiger partial charge is 0.352 e. The molecule has 12 heteroatoms. The number of carbonyl (C=O) groups excluding carboxylic acids is 1. The molecule has 11 nitrogen and oxygen atoms in total. The Morgan fingerprint density at radius 3 is 2.18 bits per heavy atom. The van der Waals surface area contributed by atoms with Gasteiger partial charge in [0.25, 0.3) is 17.3 Å². The molecule has 182 valence electrons. The minimum atomic E-state index is -3.55. The van der Waals surface area contributed by atoms with E-state index >= 15 is 0 Å². The molecule has 0 aromatic heterocycles. The number of amides is 1. The molecule has 0 unspecified atom stereocenters. The lowest BCUT2D eigenvalue weighted by Crippen LogP contribution is -2.31. The van der Waals surface area contributed by atoms with Crippen LogP contribution in [0.4, 0.5) is 11.4 Å². The summed E-state index contributed by atoms with van der Waals surface area (Å²) in [5.74, 6) is -0.662. The maximum absolute atomic E-state index is 12.9. The van der Waals surface area contributed by atoms with Gasteiger partial charge in [-0.15, -0.1) is 0 Å². The van der Waals surface area contributed by atoms with Crippen molar-refractivity contribution >= 4 is 27.3 Å². The standard InChI is InChI=1S/C22H26N4O7S/c1-16-20(14-18(25(28)29)15-21(16)26(30)31)22(27)23-11-10-17-6-8-19(9-7-17)34(32,33)24-12-4-2-3-5-13-24/h6-9,14-15H,2-5,10-13H2,1H3,(H,23,27). The van der Waals surface area contributed by atoms with Crippen molar-refractivity contribution in [3.63, 3.8) is 0 Å². The van der Waals surface area contributed by atoms with E-state index in [9.17, 15) is 33.4 Å². The molecule has 2 aromatic carbocycles. The van der Waals surface area contributed by atoms with E-state index in [1.165, 1.54) is 11.2 Å². The fourth-order valence-electron chi connectivity index (χ4n) is 3.89. The molecule has 0 bridgehead atoms. The summed E-state index contributed by atoms with van der Waals surface area (Å²) < 4.78 is 27.3. The molecule has 1 amide bonds. The van der Waals surface area contributed by atoms with Gasteiger partial charge in [-0.1, -0.05) is 25.0 Å². The number of sulfonamides is 1. The number of nitro groups is 2. The van der Waals surface area contributed by atoms with Crippen LogP contribution < -0.4 is 5.32 Å². The smallest absolute Gasteiger partial charge is 0.279 e. The predicted octanol–water partition coefficient (Wildman–Crippen LogP) is 3.35. The van der Waals surface area contributed by atoms with Crippen LogP contribution in [0.5, 0.6) is 0 Å². The lowest BCUT2D eigenvalue weighted by molar-refractivity contribution is -0.394. The van der Waals surface area contributed by atoms with E-state index in [0.717, 1.165) is 43.4 Å². The molecular weight excluding hydrogens is 464 g/mol. The van der Waals surface area contributed by atoms with Gasteiger partial charge in [0.05, 0.1) is 26.4 Å². The Kier molecular flexibility index (Phi) is 7.94. The predicted molar refractivity (Wildman–Crippen MR) is 124 cm³/mol. The van der Waals surface area contributed by atoms with Crippen molar-refractivity contribution in [2.45, 2.75) is 43.9 Å². The highest BCUT2D eigenvalue weighted by atomic mass is 32.2. The summed E-state index contributed by atoms with van der Waals surface area (Å²) in [4.78, 5) is 33.5. The molecule has 0 atom stereocenters. The number of nitrogens with zero attached hydrogens (tertiary/aromatic N) is 3. The topological polar surface area (TPSA) is 153 Å². The number of hydrogen-bond acceptors (Lipinski definition) is 7. The average molecular weight is 491 g/mol. The van der Waals surface area contributed by atoms with Crippen molar-refractivity contribution in [2.24, 2.45) is 0 Å². The quantitative estimate of drug-likeness (QED) is 0.440. The van der Waals surface area contributed by atoms with Crippen LogP contribution in [0, 0.1) is 27.2 Å². The Morgan fingerprint density at radius 2 is 1.62 bits per heavy atom. The first-order chi connectivity index (χ1) is 16.1. The third kappa shape index (κ3) is 5.75. The first-order valence-corrected chi connectivity index (χ1v) is 12.4. The molecule has 1 N–H and O–H groups in total. The summed E-state index contributed by atoms with van der Waals surface area (Å²) >= 11 is 0. The molecule has 1 aliphatic rings. The molecular formula is C22H26N4O7S. The van der Waals surface area contributed by atoms with Gasteiger partial charge >= 0.3 is 0 Å². The maximum Gasteiger partial charge on any atom is 0.279 e. The summed E-state index contributed by atoms with van der Waals surface area (Å²) in [6.45, 7) is 2.56. The molecule has 1 heterocycles. The maximum atomic E-state index is 12.9. The molecule has 1 aliphatic heterocycles. The fourth-order valence-corrected chi connectivity index (χ4v) is 5.41. The molecule has 0 aliphatic carbocycles. The van der Waals surface area contributed by atoms with E-state index in [4.69, 9.17) is 0 Å². The summed E-state index contributed by atoms with van der Waals surface area (Å²) in [6, 6.07) is 8.30. The summed E-state index contributed by atoms with van der Waals surface area (Å²) in [6.07, 6.45) is 4.14. The second-order valence-corrected chi connectivity index (χ2v) is 10.1. The van der Waals surface area contributed by atoms with E-state index in [-0.39, 0.29) is 22.6 Å². The molecule has 1 saturated heterocycles. The second-order valence-electron chi connectivity index (χ2n) is 8.12. The third-order valence-electron chi connectivity index (χ3n) is 5.84. The van der Waals surface area contributed by atoms with Crippen LogP contribution >= 0.6 is 0 Å². The van der Waals surface area contributed by atoms with Gasteiger partial charge in [0.15, 0.2) is 0 Å². The van der Waals surface area contributed by atoms with Gasteiger partial charge in [0.1, 0.15) is 0 Å². The highest BCUT2D eigenvalue weighted by Crippen LogP contribution is 2.28. The molecule has 34 heavy (non-hydrogen) atoms. The minimum Gasteiger partial charge on any atom is -0.352 e. The van der Waals surface area contributed by atoms with Crippen molar-refractivity contribution < 1.29 is 23.1 Å². The highest BCUT2D eigenvalue weighted by Gasteiger charge is 2.26. The highest BCUT2D eigenvalue weighted by molar-refractivity contribution is 7.89. The van der Waals surface area contributed by atoms with Crippen LogP contribution in [0.2, 0.25) is 0 Å². The van der Waals surface area contributed by atoms with Crippen LogP contribution in [-0.4, -0.2) is 48.1 Å². The summed E-state index contributed by atoms with van der Waals surface area (Å²) in [5, 5.41) is 24.9. The van der Waals surface area contributed by atoms with Crippen molar-refractivity contribution in [2.75, 3.05) is 19.6 Å². The Bertz CT molecular complexity index is 1190. The number of rotatable bonds is 8. The monoisotopic (exact) mass is 490 g/mol. The van der Waals surface area contributed by atoms with Gasteiger partial charge in [-0.25, -0.2) is 8.42 Å². The lowest BCUT2D eigenvalue weighted by atomic mass is 10.0. The number of nitrogens with one attached hydrogen (secondary N) is 1. The normalized spacial score (nSPS) is 14.9. The number of non-ortho nitro benzene ring substituents is 1. The van der Waals surface area contributed by atoms with Crippen LogP contribution in [0.1, 0.15) is 47.2 Å². The van der Waals surface area contributed by atoms with Crippen molar-refractivity contribution in [1.29, 1.82) is 0 Å². The Balaban J connectivity index is 1.65. The molecule has 3 rings (SSSR count). The van der Waals surface area contributed by atoms with Gasteiger partial charge in [-0.05, 0) is 43.9 Å². The SMILES string of the molecule is Cc1c(C(=O)NCCc2ccc(S(=O)(=O)N3CCCCCC3)cc2)cc([N+](=O)[O-])cc1[N+](=O)[O-]. The van der Waals surface area contributed by atoms with Gasteiger partial charge < -0.3 is 5.32 Å². The van der Waals surface area contributed by atoms with Crippen LogP contribution in [0.15, 0.2) is 41.3 Å². The van der Waals surface area contributed by atoms with Crippen LogP contribution in [-0.2, 0) is 16.4 Å². The lowest BCUT2D eigenvalue weighted by Gasteiger charge is -2.20. The Labute approximate surface area is 197 Å². The Hall–Kier alpha value is -3.38. The molecule has 2 aromatic rings. The second kappa shape index (κ2) is 10.7. The van der Waals surface area contributed by atoms with Crippen molar-refractivity contribution in [3.05, 3.63) is 73.3 Å². The fraction of sp³-hybridized carbons (Fsp3) is 0.409. The number of benzene rings is 2. The average Bonchev–Trinajstić information content (AvgIpc) is 3.09. The van der Waals surface area contributed by atoms with E-state index in [1.54, 1.807) is 24.3 Å². The zero-order valence-corrected chi connectivity index (χ0v) is 19.5. The van der Waals surface area contributed by atoms with Crippen LogP contribution in [0.25, 0.3) is 0 Å². The van der Waals surface area contributed by atoms with Gasteiger partial charge in [-0.3, -0.25) is 25.0 Å². The molecule has 1 fully saturated rings. The van der Waals surface area contributed by atoms with Gasteiger partial charge in [0, 0.05) is 31.3 Å². The molecule has 0 radical (unpaired) electrons. The van der Waals surface area contributed by atoms with E-state index in [2.05, 4.69) is 5.32 Å². The summed E-state index contributed by atoms with van der Waals surface area (Å²) in [7, 11) is -3.55. The number of nitro benzene ring substituents is 2. The van der Waals surface area contributed by atoms with Gasteiger partial charge in [-0.2, -0.15) is 4.31 Å². The first kappa shape index (κ1) is 25.2. The Morgan fingerprint density at radius 1 is 1.00 bits per heavy atom. The third-order valence-corrected chi connectivity index (χ3v) is 7.76. The first-order valence-electron chi connectivity index (χ1n) is 10.9.